The first-order chi connectivity index (χ1) is 16.4. The average molecular weight is 530 g/mol. The highest BCUT2D eigenvalue weighted by atomic mass is 35.5. The number of benzene rings is 2. The molecule has 9 nitrogen and oxygen atoms in total. The second-order valence-electron chi connectivity index (χ2n) is 6.85. The Bertz CT molecular complexity index is 1300. The van der Waals surface area contributed by atoms with E-state index in [0.29, 0.717) is 12.3 Å². The average Bonchev–Trinajstić information content (AvgIpc) is 2.78. The van der Waals surface area contributed by atoms with Crippen molar-refractivity contribution in [3.63, 3.8) is 0 Å². The highest BCUT2D eigenvalue weighted by Crippen LogP contribution is 2.35. The summed E-state index contributed by atoms with van der Waals surface area (Å²) < 4.78 is 43.5. The van der Waals surface area contributed by atoms with Crippen LogP contribution in [0.15, 0.2) is 54.7 Å². The first-order valence-electron chi connectivity index (χ1n) is 9.35. The third kappa shape index (κ3) is 6.16. The Hall–Kier alpha value is -3.90. The number of non-ortho nitro benzene ring substituents is 1. The van der Waals surface area contributed by atoms with Crippen molar-refractivity contribution in [1.29, 1.82) is 0 Å². The lowest BCUT2D eigenvalue weighted by Crippen LogP contribution is -2.33. The maximum absolute atomic E-state index is 12.7. The van der Waals surface area contributed by atoms with E-state index >= 15 is 0 Å². The number of nitrogens with zero attached hydrogens (tertiary/aromatic N) is 2. The Morgan fingerprint density at radius 3 is 2.29 bits per heavy atom. The van der Waals surface area contributed by atoms with Crippen molar-refractivity contribution in [2.45, 2.75) is 12.2 Å². The number of rotatable bonds is 7. The lowest BCUT2D eigenvalue weighted by Gasteiger charge is -2.16. The fourth-order valence-corrected chi connectivity index (χ4v) is 3.20. The van der Waals surface area contributed by atoms with Crippen LogP contribution < -0.4 is 10.1 Å². The van der Waals surface area contributed by atoms with Gasteiger partial charge < -0.3 is 15.2 Å². The molecule has 14 heteroatoms. The Morgan fingerprint density at radius 1 is 1.09 bits per heavy atom. The number of amides is 1. The molecular formula is C21H12Cl2F3N3O6. The molecule has 1 heterocycles. The molecule has 0 bridgehead atoms. The van der Waals surface area contributed by atoms with Gasteiger partial charge in [0.2, 0.25) is 5.88 Å². The van der Waals surface area contributed by atoms with Gasteiger partial charge in [-0.3, -0.25) is 14.9 Å². The molecule has 1 amide bonds. The SMILES string of the molecule is O=C(NC(C(=O)O)c1ccc(Oc2ncc(C(F)(F)F)cc2Cl)cc1)c1cc([N+](=O)[O-])ccc1Cl. The van der Waals surface area contributed by atoms with Gasteiger partial charge in [0.15, 0.2) is 6.04 Å². The van der Waals surface area contributed by atoms with E-state index in [4.69, 9.17) is 27.9 Å². The molecule has 0 saturated carbocycles. The number of alkyl halides is 3. The maximum Gasteiger partial charge on any atom is 0.417 e. The van der Waals surface area contributed by atoms with E-state index in [1.165, 1.54) is 24.3 Å². The Kier molecular flexibility index (Phi) is 7.46. The zero-order valence-electron chi connectivity index (χ0n) is 17.0. The van der Waals surface area contributed by atoms with Crippen molar-refractivity contribution in [1.82, 2.24) is 10.3 Å². The van der Waals surface area contributed by atoms with E-state index in [9.17, 15) is 38.0 Å². The third-order valence-corrected chi connectivity index (χ3v) is 5.09. The maximum atomic E-state index is 12.7. The van der Waals surface area contributed by atoms with Crippen molar-refractivity contribution in [2.75, 3.05) is 0 Å². The summed E-state index contributed by atoms with van der Waals surface area (Å²) in [5, 5.41) is 22.2. The second kappa shape index (κ2) is 10.2. The first-order valence-corrected chi connectivity index (χ1v) is 10.1. The van der Waals surface area contributed by atoms with Gasteiger partial charge in [-0.05, 0) is 29.8 Å². The van der Waals surface area contributed by atoms with Crippen LogP contribution in [0.25, 0.3) is 0 Å². The molecule has 182 valence electrons. The summed E-state index contributed by atoms with van der Waals surface area (Å²) in [6, 6.07) is 7.34. The van der Waals surface area contributed by atoms with Gasteiger partial charge >= 0.3 is 12.1 Å². The van der Waals surface area contributed by atoms with Crippen LogP contribution in [0.3, 0.4) is 0 Å². The summed E-state index contributed by atoms with van der Waals surface area (Å²) in [7, 11) is 0. The van der Waals surface area contributed by atoms with Crippen LogP contribution in [0, 0.1) is 10.1 Å². The first kappa shape index (κ1) is 25.7. The van der Waals surface area contributed by atoms with E-state index in [2.05, 4.69) is 10.3 Å². The Labute approximate surface area is 204 Å². The number of hydrogen-bond acceptors (Lipinski definition) is 6. The standard InChI is InChI=1S/C21H12Cl2F3N3O6/c22-15-6-3-12(29(33)34)8-14(15)18(30)28-17(20(31)32)10-1-4-13(5-2-10)35-19-16(23)7-11(9-27-19)21(24,25)26/h1-9,17H,(H,28,30)(H,31,32). The summed E-state index contributed by atoms with van der Waals surface area (Å²) >= 11 is 11.7. The molecule has 35 heavy (non-hydrogen) atoms. The number of nitrogens with one attached hydrogen (secondary N) is 1. The summed E-state index contributed by atoms with van der Waals surface area (Å²) in [6.07, 6.45) is -4.09. The van der Waals surface area contributed by atoms with Crippen molar-refractivity contribution < 1.29 is 37.5 Å². The van der Waals surface area contributed by atoms with Crippen molar-refractivity contribution in [2.24, 2.45) is 0 Å². The Balaban J connectivity index is 1.79. The number of carboxylic acid groups (broad SMARTS) is 1. The van der Waals surface area contributed by atoms with Gasteiger partial charge in [0.25, 0.3) is 11.6 Å². The third-order valence-electron chi connectivity index (χ3n) is 4.49. The highest BCUT2D eigenvalue weighted by Gasteiger charge is 2.32. The van der Waals surface area contributed by atoms with Crippen LogP contribution in [-0.2, 0) is 11.0 Å². The molecule has 0 aliphatic carbocycles. The number of nitro groups is 1. The molecule has 2 aromatic carbocycles. The van der Waals surface area contributed by atoms with Crippen molar-refractivity contribution in [3.8, 4) is 11.6 Å². The fraction of sp³-hybridized carbons (Fsp3) is 0.0952. The number of aromatic nitrogens is 1. The molecule has 3 aromatic rings. The number of carbonyl (C=O) groups is 2. The zero-order chi connectivity index (χ0) is 25.9. The normalized spacial score (nSPS) is 12.0. The van der Waals surface area contributed by atoms with Gasteiger partial charge in [-0.1, -0.05) is 35.3 Å². The van der Waals surface area contributed by atoms with Crippen LogP contribution in [-0.4, -0.2) is 26.9 Å². The predicted octanol–water partition coefficient (Wildman–Crippen LogP) is 5.66. The molecule has 0 saturated heterocycles. The topological polar surface area (TPSA) is 132 Å². The molecule has 0 aliphatic rings. The van der Waals surface area contributed by atoms with Crippen LogP contribution in [0.4, 0.5) is 18.9 Å². The van der Waals surface area contributed by atoms with Gasteiger partial charge in [0.05, 0.1) is 21.1 Å². The number of pyridine rings is 1. The van der Waals surface area contributed by atoms with E-state index in [1.54, 1.807) is 0 Å². The summed E-state index contributed by atoms with van der Waals surface area (Å²) in [6.45, 7) is 0. The van der Waals surface area contributed by atoms with Gasteiger partial charge in [-0.15, -0.1) is 0 Å². The summed E-state index contributed by atoms with van der Waals surface area (Å²) in [5.41, 5.74) is -1.68. The lowest BCUT2D eigenvalue weighted by molar-refractivity contribution is -0.384. The molecule has 1 unspecified atom stereocenters. The molecule has 3 rings (SSSR count). The molecule has 0 aliphatic heterocycles. The van der Waals surface area contributed by atoms with Crippen LogP contribution >= 0.6 is 23.2 Å². The fourth-order valence-electron chi connectivity index (χ4n) is 2.79. The number of nitro benzene ring substituents is 1. The molecule has 1 atom stereocenters. The molecule has 0 spiro atoms. The van der Waals surface area contributed by atoms with Crippen LogP contribution in [0.2, 0.25) is 10.0 Å². The number of aliphatic carboxylic acids is 1. The van der Waals surface area contributed by atoms with Gasteiger partial charge in [0, 0.05) is 18.3 Å². The minimum atomic E-state index is -4.64. The monoisotopic (exact) mass is 529 g/mol. The van der Waals surface area contributed by atoms with E-state index in [-0.39, 0.29) is 27.8 Å². The minimum absolute atomic E-state index is 0.0695. The van der Waals surface area contributed by atoms with E-state index < -0.39 is 45.3 Å². The number of carboxylic acids is 1. The van der Waals surface area contributed by atoms with Crippen LogP contribution in [0.1, 0.15) is 27.5 Å². The number of hydrogen-bond donors (Lipinski definition) is 2. The summed E-state index contributed by atoms with van der Waals surface area (Å²) in [4.78, 5) is 38.1. The van der Waals surface area contributed by atoms with Gasteiger partial charge in [-0.2, -0.15) is 13.2 Å². The highest BCUT2D eigenvalue weighted by molar-refractivity contribution is 6.34. The summed E-state index contributed by atoms with van der Waals surface area (Å²) in [5.74, 6) is -2.65. The molecule has 0 fully saturated rings. The largest absolute Gasteiger partial charge is 0.479 e. The predicted molar refractivity (Wildman–Crippen MR) is 117 cm³/mol. The van der Waals surface area contributed by atoms with E-state index in [0.717, 1.165) is 18.2 Å². The van der Waals surface area contributed by atoms with Gasteiger partial charge in [0.1, 0.15) is 10.8 Å². The van der Waals surface area contributed by atoms with Crippen LogP contribution in [0.5, 0.6) is 11.6 Å². The molecule has 2 N–H and O–H groups in total. The lowest BCUT2D eigenvalue weighted by atomic mass is 10.1. The molecule has 0 radical (unpaired) electrons. The number of halogens is 5. The Morgan fingerprint density at radius 2 is 1.74 bits per heavy atom. The smallest absolute Gasteiger partial charge is 0.417 e. The minimum Gasteiger partial charge on any atom is -0.479 e. The number of carbonyl (C=O) groups excluding carboxylic acids is 1. The quantitative estimate of drug-likeness (QED) is 0.298. The molecular weight excluding hydrogens is 518 g/mol. The zero-order valence-corrected chi connectivity index (χ0v) is 18.6. The van der Waals surface area contributed by atoms with Crippen molar-refractivity contribution >= 4 is 40.8 Å². The van der Waals surface area contributed by atoms with Crippen molar-refractivity contribution in [3.05, 3.63) is 91.6 Å². The van der Waals surface area contributed by atoms with E-state index in [1.807, 2.05) is 0 Å². The second-order valence-corrected chi connectivity index (χ2v) is 7.66. The molecule has 1 aromatic heterocycles. The van der Waals surface area contributed by atoms with Gasteiger partial charge in [-0.25, -0.2) is 9.78 Å². The number of ether oxygens (including phenoxy) is 1.